The molecule has 0 unspecified atom stereocenters. The Labute approximate surface area is 75.4 Å². The number of thiazole rings is 1. The molecule has 0 aliphatic rings. The maximum atomic E-state index is 4.17. The van der Waals surface area contributed by atoms with E-state index in [1.54, 1.807) is 11.3 Å². The molecule has 0 aliphatic carbocycles. The monoisotopic (exact) mass is 188 g/mol. The van der Waals surface area contributed by atoms with Gasteiger partial charge in [-0.2, -0.15) is 0 Å². The Morgan fingerprint density at radius 2 is 2.64 bits per heavy atom. The van der Waals surface area contributed by atoms with E-state index in [2.05, 4.69) is 10.3 Å². The molecule has 1 N–H and O–H groups in total. The van der Waals surface area contributed by atoms with E-state index in [0.29, 0.717) is 0 Å². The van der Waals surface area contributed by atoms with Gasteiger partial charge in [0.05, 0.1) is 0 Å². The first kappa shape index (κ1) is 9.03. The summed E-state index contributed by atoms with van der Waals surface area (Å²) in [6.07, 6.45) is 3.06. The summed E-state index contributed by atoms with van der Waals surface area (Å²) in [7, 11) is 1.98. The Kier molecular flexibility index (Phi) is 4.58. The molecule has 0 bridgehead atoms. The number of nitrogens with one attached hydrogen (secondary N) is 1. The fourth-order valence-corrected chi connectivity index (χ4v) is 2.34. The fraction of sp³-hybridized carbons (Fsp3) is 0.571. The lowest BCUT2D eigenvalue weighted by Gasteiger charge is -1.96. The van der Waals surface area contributed by atoms with Crippen LogP contribution in [0.1, 0.15) is 6.42 Å². The topological polar surface area (TPSA) is 24.9 Å². The molecule has 1 rings (SSSR count). The van der Waals surface area contributed by atoms with Gasteiger partial charge in [0.1, 0.15) is 4.34 Å². The van der Waals surface area contributed by atoms with E-state index >= 15 is 0 Å². The van der Waals surface area contributed by atoms with Gasteiger partial charge in [-0.05, 0) is 20.0 Å². The first-order chi connectivity index (χ1) is 5.43. The minimum atomic E-state index is 1.10. The highest BCUT2D eigenvalue weighted by molar-refractivity contribution is 8.00. The third-order valence-electron chi connectivity index (χ3n) is 1.21. The molecular weight excluding hydrogens is 176 g/mol. The zero-order valence-electron chi connectivity index (χ0n) is 6.54. The number of rotatable bonds is 5. The van der Waals surface area contributed by atoms with E-state index in [9.17, 15) is 0 Å². The van der Waals surface area contributed by atoms with Crippen LogP contribution in [0.5, 0.6) is 0 Å². The van der Waals surface area contributed by atoms with Gasteiger partial charge in [0.15, 0.2) is 0 Å². The molecule has 1 aromatic heterocycles. The van der Waals surface area contributed by atoms with Crippen LogP contribution in [0.15, 0.2) is 15.9 Å². The summed E-state index contributed by atoms with van der Waals surface area (Å²) in [5.74, 6) is 1.16. The molecule has 1 heterocycles. The van der Waals surface area contributed by atoms with Crippen LogP contribution in [0.2, 0.25) is 0 Å². The third kappa shape index (κ3) is 3.74. The molecule has 0 spiro atoms. The highest BCUT2D eigenvalue weighted by atomic mass is 32.2. The molecule has 11 heavy (non-hydrogen) atoms. The van der Waals surface area contributed by atoms with Gasteiger partial charge in [0.25, 0.3) is 0 Å². The number of hydrogen-bond acceptors (Lipinski definition) is 4. The van der Waals surface area contributed by atoms with Gasteiger partial charge in [-0.25, -0.2) is 4.98 Å². The summed E-state index contributed by atoms with van der Waals surface area (Å²) in [4.78, 5) is 4.17. The van der Waals surface area contributed by atoms with E-state index in [1.165, 1.54) is 10.8 Å². The average molecular weight is 188 g/mol. The molecule has 0 radical (unpaired) electrons. The van der Waals surface area contributed by atoms with Crippen LogP contribution in [-0.4, -0.2) is 24.3 Å². The van der Waals surface area contributed by atoms with E-state index < -0.39 is 0 Å². The quantitative estimate of drug-likeness (QED) is 0.564. The van der Waals surface area contributed by atoms with Crippen LogP contribution >= 0.6 is 23.1 Å². The molecule has 0 aromatic carbocycles. The largest absolute Gasteiger partial charge is 0.320 e. The molecule has 0 aliphatic heterocycles. The molecule has 2 nitrogen and oxygen atoms in total. The Morgan fingerprint density at radius 3 is 3.27 bits per heavy atom. The van der Waals surface area contributed by atoms with Crippen molar-refractivity contribution in [2.24, 2.45) is 0 Å². The summed E-state index contributed by atoms with van der Waals surface area (Å²) in [6, 6.07) is 0. The predicted molar refractivity (Wildman–Crippen MR) is 51.4 cm³/mol. The Morgan fingerprint density at radius 1 is 1.73 bits per heavy atom. The number of aromatic nitrogens is 1. The van der Waals surface area contributed by atoms with Gasteiger partial charge in [-0.1, -0.05) is 11.8 Å². The molecule has 0 fully saturated rings. The second-order valence-electron chi connectivity index (χ2n) is 2.10. The Balaban J connectivity index is 2.04. The second kappa shape index (κ2) is 5.57. The van der Waals surface area contributed by atoms with Crippen LogP contribution in [-0.2, 0) is 0 Å². The van der Waals surface area contributed by atoms with Crippen molar-refractivity contribution in [1.82, 2.24) is 10.3 Å². The first-order valence-electron chi connectivity index (χ1n) is 3.60. The molecule has 0 amide bonds. The molecule has 62 valence electrons. The maximum absolute atomic E-state index is 4.17. The number of nitrogens with zero attached hydrogens (tertiary/aromatic N) is 1. The van der Waals surface area contributed by atoms with Gasteiger partial charge >= 0.3 is 0 Å². The highest BCUT2D eigenvalue weighted by Gasteiger charge is 1.94. The molecule has 4 heteroatoms. The Hall–Kier alpha value is -0.0600. The zero-order valence-corrected chi connectivity index (χ0v) is 8.17. The normalized spacial score (nSPS) is 10.3. The SMILES string of the molecule is CNCCCSc1nccs1. The van der Waals surface area contributed by atoms with Crippen LogP contribution in [0.4, 0.5) is 0 Å². The molecular formula is C7H12N2S2. The Bertz CT molecular complexity index is 175. The molecule has 0 saturated carbocycles. The van der Waals surface area contributed by atoms with Crippen molar-refractivity contribution in [2.75, 3.05) is 19.3 Å². The van der Waals surface area contributed by atoms with Crippen LogP contribution in [0.25, 0.3) is 0 Å². The summed E-state index contributed by atoms with van der Waals surface area (Å²) < 4.78 is 1.18. The van der Waals surface area contributed by atoms with Crippen molar-refractivity contribution < 1.29 is 0 Å². The summed E-state index contributed by atoms with van der Waals surface area (Å²) >= 11 is 3.55. The maximum Gasteiger partial charge on any atom is 0.149 e. The van der Waals surface area contributed by atoms with E-state index in [-0.39, 0.29) is 0 Å². The van der Waals surface area contributed by atoms with Gasteiger partial charge < -0.3 is 5.32 Å². The molecule has 0 saturated heterocycles. The lowest BCUT2D eigenvalue weighted by Crippen LogP contribution is -2.07. The lowest BCUT2D eigenvalue weighted by molar-refractivity contribution is 0.778. The lowest BCUT2D eigenvalue weighted by atomic mass is 10.5. The van der Waals surface area contributed by atoms with Gasteiger partial charge in [0.2, 0.25) is 0 Å². The van der Waals surface area contributed by atoms with Crippen molar-refractivity contribution in [3.8, 4) is 0 Å². The average Bonchev–Trinajstić information content (AvgIpc) is 2.50. The van der Waals surface area contributed by atoms with Crippen molar-refractivity contribution in [3.63, 3.8) is 0 Å². The van der Waals surface area contributed by atoms with Crippen molar-refractivity contribution in [1.29, 1.82) is 0 Å². The minimum Gasteiger partial charge on any atom is -0.320 e. The van der Waals surface area contributed by atoms with Gasteiger partial charge in [-0.3, -0.25) is 0 Å². The zero-order chi connectivity index (χ0) is 7.94. The standard InChI is InChI=1S/C7H12N2S2/c1-8-3-2-5-10-7-9-4-6-11-7/h4,6,8H,2-3,5H2,1H3. The summed E-state index contributed by atoms with van der Waals surface area (Å²) in [5.41, 5.74) is 0. The van der Waals surface area contributed by atoms with Gasteiger partial charge in [-0.15, -0.1) is 11.3 Å². The van der Waals surface area contributed by atoms with E-state index in [4.69, 9.17) is 0 Å². The van der Waals surface area contributed by atoms with Crippen LogP contribution in [0.3, 0.4) is 0 Å². The van der Waals surface area contributed by atoms with Gasteiger partial charge in [0, 0.05) is 17.3 Å². The van der Waals surface area contributed by atoms with Crippen LogP contribution < -0.4 is 5.32 Å². The summed E-state index contributed by atoms with van der Waals surface area (Å²) in [6.45, 7) is 1.10. The fourth-order valence-electron chi connectivity index (χ4n) is 0.690. The third-order valence-corrected chi connectivity index (χ3v) is 3.26. The number of hydrogen-bond donors (Lipinski definition) is 1. The van der Waals surface area contributed by atoms with E-state index in [1.807, 2.05) is 30.4 Å². The smallest absolute Gasteiger partial charge is 0.149 e. The predicted octanol–water partition coefficient (Wildman–Crippen LogP) is 1.84. The number of thioether (sulfide) groups is 1. The molecule has 0 atom stereocenters. The summed E-state index contributed by atoms with van der Waals surface area (Å²) in [5, 5.41) is 5.13. The van der Waals surface area contributed by atoms with Crippen LogP contribution in [0, 0.1) is 0 Å². The minimum absolute atomic E-state index is 1.10. The highest BCUT2D eigenvalue weighted by Crippen LogP contribution is 2.20. The molecule has 1 aromatic rings. The van der Waals surface area contributed by atoms with Crippen molar-refractivity contribution in [2.45, 2.75) is 10.8 Å². The van der Waals surface area contributed by atoms with Crippen molar-refractivity contribution >= 4 is 23.1 Å². The van der Waals surface area contributed by atoms with Crippen molar-refractivity contribution in [3.05, 3.63) is 11.6 Å². The van der Waals surface area contributed by atoms with E-state index in [0.717, 1.165) is 12.3 Å². The first-order valence-corrected chi connectivity index (χ1v) is 5.47. The second-order valence-corrected chi connectivity index (χ2v) is 4.34.